The lowest BCUT2D eigenvalue weighted by Crippen LogP contribution is -2.74. The van der Waals surface area contributed by atoms with Crippen molar-refractivity contribution >= 4 is 25.3 Å². The zero-order valence-corrected chi connectivity index (χ0v) is 22.0. The summed E-state index contributed by atoms with van der Waals surface area (Å²) < 4.78 is 21.3. The largest absolute Gasteiger partial charge is 0.479 e. The number of hydrogen-bond donors (Lipinski definition) is 0. The zero-order valence-electron chi connectivity index (χ0n) is 21.0. The van der Waals surface area contributed by atoms with Gasteiger partial charge >= 0.3 is 6.71 Å². The van der Waals surface area contributed by atoms with Gasteiger partial charge in [-0.2, -0.15) is 0 Å². The van der Waals surface area contributed by atoms with Crippen molar-refractivity contribution in [3.63, 3.8) is 0 Å². The van der Waals surface area contributed by atoms with Crippen LogP contribution in [0.25, 0.3) is 0 Å². The topological polar surface area (TPSA) is 27.7 Å². The molecule has 2 fully saturated rings. The second kappa shape index (κ2) is 9.18. The van der Waals surface area contributed by atoms with E-state index in [0.717, 1.165) is 19.3 Å². The fourth-order valence-corrected chi connectivity index (χ4v) is 9.85. The molecule has 0 aromatic heterocycles. The smallest absolute Gasteiger partial charge is 0.404 e. The normalized spacial score (nSPS) is 21.7. The lowest BCUT2D eigenvalue weighted by atomic mass is 9.81. The average Bonchev–Trinajstić information content (AvgIpc) is 3.00. The van der Waals surface area contributed by atoms with Crippen molar-refractivity contribution in [3.05, 3.63) is 72.8 Å². The molecule has 0 amide bonds. The van der Waals surface area contributed by atoms with Gasteiger partial charge < -0.3 is 13.7 Å². The number of benzene rings is 2. The lowest BCUT2D eigenvalue weighted by Gasteiger charge is -2.46. The monoisotopic (exact) mass is 462 g/mol. The molecule has 2 aromatic rings. The van der Waals surface area contributed by atoms with E-state index in [1.54, 1.807) is 0 Å². The third kappa shape index (κ3) is 4.66. The molecule has 0 atom stereocenters. The average molecular weight is 463 g/mol. The molecule has 2 aliphatic rings. The summed E-state index contributed by atoms with van der Waals surface area (Å²) in [6.07, 6.45) is 6.61. The van der Waals surface area contributed by atoms with Gasteiger partial charge in [0, 0.05) is 0 Å². The van der Waals surface area contributed by atoms with Crippen LogP contribution in [0.1, 0.15) is 73.1 Å². The first-order valence-corrected chi connectivity index (χ1v) is 14.4. The second-order valence-corrected chi connectivity index (χ2v) is 14.3. The molecule has 0 bridgehead atoms. The van der Waals surface area contributed by atoms with Gasteiger partial charge in [-0.25, -0.2) is 0 Å². The van der Waals surface area contributed by atoms with Crippen molar-refractivity contribution in [2.24, 2.45) is 0 Å². The van der Waals surface area contributed by atoms with Gasteiger partial charge in [0.05, 0.1) is 16.8 Å². The molecule has 0 N–H and O–H groups in total. The molecular weight excluding hydrogens is 423 g/mol. The maximum Gasteiger partial charge on any atom is 0.479 e. The quantitative estimate of drug-likeness (QED) is 0.396. The van der Waals surface area contributed by atoms with E-state index in [9.17, 15) is 0 Å². The Morgan fingerprint density at radius 2 is 1.30 bits per heavy atom. The summed E-state index contributed by atoms with van der Waals surface area (Å²) in [4.78, 5) is 0. The molecule has 1 saturated heterocycles. The lowest BCUT2D eigenvalue weighted by molar-refractivity contribution is 0.00578. The molecule has 1 aliphatic heterocycles. The van der Waals surface area contributed by atoms with Gasteiger partial charge in [0.25, 0.3) is 8.19 Å². The molecule has 0 radical (unpaired) electrons. The summed E-state index contributed by atoms with van der Waals surface area (Å²) >= 11 is 0. The number of rotatable bonds is 7. The number of hydrogen-bond acceptors (Lipinski definition) is 3. The van der Waals surface area contributed by atoms with E-state index in [0.29, 0.717) is 0 Å². The van der Waals surface area contributed by atoms with Crippen molar-refractivity contribution < 1.29 is 13.7 Å². The summed E-state index contributed by atoms with van der Waals surface area (Å²) in [7, 11) is -3.00. The summed E-state index contributed by atoms with van der Waals surface area (Å²) in [6, 6.07) is 21.4. The van der Waals surface area contributed by atoms with Crippen LogP contribution in [-0.2, 0) is 13.7 Å². The predicted molar refractivity (Wildman–Crippen MR) is 140 cm³/mol. The van der Waals surface area contributed by atoms with E-state index in [2.05, 4.69) is 102 Å². The summed E-state index contributed by atoms with van der Waals surface area (Å²) in [5.74, 6) is 0. The van der Waals surface area contributed by atoms with Gasteiger partial charge in [-0.3, -0.25) is 0 Å². The summed E-state index contributed by atoms with van der Waals surface area (Å²) in [5.41, 5.74) is 0.0641. The molecule has 1 aliphatic carbocycles. The zero-order chi connectivity index (χ0) is 23.7. The highest BCUT2D eigenvalue weighted by molar-refractivity contribution is 7.37. The first-order valence-electron chi connectivity index (χ1n) is 12.4. The van der Waals surface area contributed by atoms with E-state index < -0.39 is 26.1 Å². The fourth-order valence-electron chi connectivity index (χ4n) is 5.39. The molecule has 3 nitrogen and oxygen atoms in total. The minimum atomic E-state index is -3.00. The van der Waals surface area contributed by atoms with Gasteiger partial charge in [-0.1, -0.05) is 85.5 Å². The Bertz CT molecular complexity index is 896. The molecule has 4 rings (SSSR count). The molecule has 1 heterocycles. The Morgan fingerprint density at radius 1 is 0.848 bits per heavy atom. The van der Waals surface area contributed by atoms with Crippen LogP contribution in [0, 0.1) is 0 Å². The van der Waals surface area contributed by atoms with Crippen LogP contribution in [0.4, 0.5) is 0 Å². The Morgan fingerprint density at radius 3 is 1.73 bits per heavy atom. The molecule has 1 saturated carbocycles. The van der Waals surface area contributed by atoms with Gasteiger partial charge in [0.1, 0.15) is 0 Å². The predicted octanol–water partition coefficient (Wildman–Crippen LogP) is 5.60. The van der Waals surface area contributed by atoms with Crippen LogP contribution in [-0.4, -0.2) is 31.7 Å². The maximum atomic E-state index is 7.65. The van der Waals surface area contributed by atoms with Gasteiger partial charge in [0.2, 0.25) is 0 Å². The van der Waals surface area contributed by atoms with E-state index in [-0.39, 0.29) is 5.60 Å². The van der Waals surface area contributed by atoms with Crippen LogP contribution in [0.3, 0.4) is 0 Å². The Balaban J connectivity index is 1.93. The Hall–Kier alpha value is -1.66. The van der Waals surface area contributed by atoms with Crippen LogP contribution in [0.2, 0.25) is 0 Å². The van der Waals surface area contributed by atoms with Crippen molar-refractivity contribution in [2.75, 3.05) is 0 Å². The SMILES string of the molecule is C=C(C)CC1(O[Si](B2OC(C)(C)C(C)(C)O2)(c2ccccc2)c2ccccc2)CCCCC1. The molecule has 2 aromatic carbocycles. The van der Waals surface area contributed by atoms with Gasteiger partial charge in [-0.15, -0.1) is 6.58 Å². The molecule has 0 unspecified atom stereocenters. The summed E-state index contributed by atoms with van der Waals surface area (Å²) in [6.45, 7) is 14.5. The Labute approximate surface area is 201 Å². The van der Waals surface area contributed by atoms with Crippen molar-refractivity contribution in [1.82, 2.24) is 0 Å². The van der Waals surface area contributed by atoms with Crippen molar-refractivity contribution in [2.45, 2.75) is 89.9 Å². The third-order valence-corrected chi connectivity index (χ3v) is 11.8. The van der Waals surface area contributed by atoms with E-state index >= 15 is 0 Å². The van der Waals surface area contributed by atoms with Crippen LogP contribution < -0.4 is 10.4 Å². The minimum Gasteiger partial charge on any atom is -0.404 e. The van der Waals surface area contributed by atoms with Gasteiger partial charge in [0.15, 0.2) is 0 Å². The van der Waals surface area contributed by atoms with Crippen molar-refractivity contribution in [3.8, 4) is 0 Å². The molecule has 5 heteroatoms. The van der Waals surface area contributed by atoms with Gasteiger partial charge in [-0.05, 0) is 64.3 Å². The van der Waals surface area contributed by atoms with E-state index in [4.69, 9.17) is 13.7 Å². The molecule has 176 valence electrons. The minimum absolute atomic E-state index is 0.244. The first kappa shape index (κ1) is 24.5. The maximum absolute atomic E-state index is 7.65. The molecule has 33 heavy (non-hydrogen) atoms. The standard InChI is InChI=1S/C28H39BO3Si/c1-23(2)22-28(20-14-9-15-21-28)32-33(24-16-10-7-11-17-24,25-18-12-8-13-19-25)29-30-26(3,4)27(5,6)31-29/h7-8,10-13,16-19H,1,9,14-15,20-22H2,2-6H3. The van der Waals surface area contributed by atoms with Crippen LogP contribution in [0.15, 0.2) is 72.8 Å². The molecular formula is C28H39BO3Si. The Kier molecular flexibility index (Phi) is 6.81. The highest BCUT2D eigenvalue weighted by Crippen LogP contribution is 2.43. The highest BCUT2D eigenvalue weighted by atomic mass is 28.3. The molecule has 0 spiro atoms. The van der Waals surface area contributed by atoms with Crippen molar-refractivity contribution in [1.29, 1.82) is 0 Å². The fraction of sp³-hybridized carbons (Fsp3) is 0.500. The third-order valence-electron chi connectivity index (χ3n) is 7.76. The van der Waals surface area contributed by atoms with E-state index in [1.807, 2.05) is 0 Å². The second-order valence-electron chi connectivity index (χ2n) is 11.0. The van der Waals surface area contributed by atoms with Crippen LogP contribution in [0.5, 0.6) is 0 Å². The summed E-state index contributed by atoms with van der Waals surface area (Å²) in [5, 5.41) is 2.39. The van der Waals surface area contributed by atoms with E-state index in [1.165, 1.54) is 35.2 Å². The first-order chi connectivity index (χ1) is 15.6. The highest BCUT2D eigenvalue weighted by Gasteiger charge is 2.65. The van der Waals surface area contributed by atoms with Crippen LogP contribution >= 0.6 is 0 Å².